The van der Waals surface area contributed by atoms with Crippen molar-refractivity contribution < 1.29 is 17.6 Å². The first kappa shape index (κ1) is 14.8. The van der Waals surface area contributed by atoms with Crippen LogP contribution in [0, 0.1) is 5.82 Å². The molecule has 1 heterocycles. The molecule has 0 radical (unpaired) electrons. The fourth-order valence-corrected chi connectivity index (χ4v) is 3.58. The number of halogens is 2. The van der Waals surface area contributed by atoms with Crippen LogP contribution in [-0.4, -0.2) is 14.4 Å². The summed E-state index contributed by atoms with van der Waals surface area (Å²) in [6, 6.07) is 8.09. The Morgan fingerprint density at radius 2 is 1.86 bits per heavy atom. The molecule has 2 aromatic rings. The van der Waals surface area contributed by atoms with Gasteiger partial charge in [-0.3, -0.25) is 0 Å². The van der Waals surface area contributed by atoms with Crippen LogP contribution in [-0.2, 0) is 16.4 Å². The van der Waals surface area contributed by atoms with Gasteiger partial charge >= 0.3 is 6.03 Å². The molecule has 1 aliphatic heterocycles. The molecule has 0 saturated heterocycles. The van der Waals surface area contributed by atoms with E-state index in [4.69, 9.17) is 11.6 Å². The zero-order chi connectivity index (χ0) is 15.9. The van der Waals surface area contributed by atoms with Gasteiger partial charge in [0.05, 0.1) is 5.69 Å². The summed E-state index contributed by atoms with van der Waals surface area (Å²) in [6.45, 7) is 0. The average molecular weight is 341 g/mol. The van der Waals surface area contributed by atoms with Crippen LogP contribution in [0.3, 0.4) is 0 Å². The van der Waals surface area contributed by atoms with Gasteiger partial charge in [0.25, 0.3) is 10.0 Å². The SMILES string of the molecule is O=C1Nc2c(ccc(F)c2Cc2ccccc2Cl)S(=O)(=O)N1. The molecule has 8 heteroatoms. The number of nitrogens with one attached hydrogen (secondary N) is 2. The first-order chi connectivity index (χ1) is 10.4. The number of anilines is 1. The van der Waals surface area contributed by atoms with Crippen molar-refractivity contribution in [3.05, 3.63) is 58.4 Å². The Kier molecular flexibility index (Phi) is 3.54. The van der Waals surface area contributed by atoms with Crippen molar-refractivity contribution in [2.75, 3.05) is 5.32 Å². The molecule has 0 aliphatic carbocycles. The fraction of sp³-hybridized carbons (Fsp3) is 0.0714. The van der Waals surface area contributed by atoms with E-state index in [0.717, 1.165) is 12.1 Å². The minimum Gasteiger partial charge on any atom is -0.305 e. The average Bonchev–Trinajstić information content (AvgIpc) is 2.43. The molecule has 2 amide bonds. The highest BCUT2D eigenvalue weighted by Crippen LogP contribution is 2.33. The van der Waals surface area contributed by atoms with Crippen LogP contribution in [0.2, 0.25) is 5.02 Å². The number of sulfonamides is 1. The molecule has 3 rings (SSSR count). The van der Waals surface area contributed by atoms with Crippen LogP contribution < -0.4 is 10.0 Å². The van der Waals surface area contributed by atoms with E-state index in [9.17, 15) is 17.6 Å². The van der Waals surface area contributed by atoms with Crippen molar-refractivity contribution in [1.29, 1.82) is 0 Å². The molecule has 0 atom stereocenters. The van der Waals surface area contributed by atoms with Gasteiger partial charge in [0.2, 0.25) is 0 Å². The quantitative estimate of drug-likeness (QED) is 0.882. The predicted molar refractivity (Wildman–Crippen MR) is 80.0 cm³/mol. The number of carbonyl (C=O) groups is 1. The Hall–Kier alpha value is -2.12. The molecule has 0 unspecified atom stereocenters. The molecule has 0 aromatic heterocycles. The van der Waals surface area contributed by atoms with E-state index in [1.807, 2.05) is 4.72 Å². The highest BCUT2D eigenvalue weighted by atomic mass is 35.5. The number of amides is 2. The Bertz CT molecular complexity index is 884. The number of rotatable bonds is 2. The molecule has 2 N–H and O–H groups in total. The maximum Gasteiger partial charge on any atom is 0.333 e. The van der Waals surface area contributed by atoms with Gasteiger partial charge in [-0.15, -0.1) is 0 Å². The smallest absolute Gasteiger partial charge is 0.305 e. The fourth-order valence-electron chi connectivity index (χ4n) is 2.28. The van der Waals surface area contributed by atoms with Crippen molar-refractivity contribution in [1.82, 2.24) is 4.72 Å². The van der Waals surface area contributed by atoms with E-state index in [0.29, 0.717) is 10.6 Å². The molecule has 5 nitrogen and oxygen atoms in total. The maximum absolute atomic E-state index is 14.2. The predicted octanol–water partition coefficient (Wildman–Crippen LogP) is 2.89. The van der Waals surface area contributed by atoms with Gasteiger partial charge in [-0.2, -0.15) is 0 Å². The molecule has 1 aliphatic rings. The Morgan fingerprint density at radius 3 is 2.59 bits per heavy atom. The summed E-state index contributed by atoms with van der Waals surface area (Å²) in [5, 5.41) is 2.79. The summed E-state index contributed by atoms with van der Waals surface area (Å²) in [6.07, 6.45) is 0.0600. The second kappa shape index (κ2) is 5.26. The van der Waals surface area contributed by atoms with Gasteiger partial charge in [0.1, 0.15) is 10.7 Å². The number of fused-ring (bicyclic) bond motifs is 1. The summed E-state index contributed by atoms with van der Waals surface area (Å²) in [4.78, 5) is 11.3. The third-order valence-corrected chi connectivity index (χ3v) is 5.04. The summed E-state index contributed by atoms with van der Waals surface area (Å²) in [7, 11) is -3.99. The van der Waals surface area contributed by atoms with E-state index in [2.05, 4.69) is 5.32 Å². The van der Waals surface area contributed by atoms with Crippen LogP contribution >= 0.6 is 11.6 Å². The van der Waals surface area contributed by atoms with Crippen molar-refractivity contribution in [2.45, 2.75) is 11.3 Å². The lowest BCUT2D eigenvalue weighted by atomic mass is 10.0. The second-order valence-electron chi connectivity index (χ2n) is 4.73. The van der Waals surface area contributed by atoms with Crippen LogP contribution in [0.1, 0.15) is 11.1 Å². The number of carbonyl (C=O) groups excluding carboxylic acids is 1. The van der Waals surface area contributed by atoms with Crippen LogP contribution in [0.4, 0.5) is 14.9 Å². The lowest BCUT2D eigenvalue weighted by Gasteiger charge is -2.21. The zero-order valence-electron chi connectivity index (χ0n) is 11.1. The highest BCUT2D eigenvalue weighted by molar-refractivity contribution is 7.90. The zero-order valence-corrected chi connectivity index (χ0v) is 12.6. The monoisotopic (exact) mass is 340 g/mol. The number of hydrogen-bond donors (Lipinski definition) is 2. The lowest BCUT2D eigenvalue weighted by Crippen LogP contribution is -2.39. The summed E-state index contributed by atoms with van der Waals surface area (Å²) in [5.74, 6) is -0.615. The molecule has 0 bridgehead atoms. The van der Waals surface area contributed by atoms with E-state index >= 15 is 0 Å². The Balaban J connectivity index is 2.17. The van der Waals surface area contributed by atoms with Gasteiger partial charge < -0.3 is 5.32 Å². The highest BCUT2D eigenvalue weighted by Gasteiger charge is 2.30. The lowest BCUT2D eigenvalue weighted by molar-refractivity contribution is 0.256. The molecule has 22 heavy (non-hydrogen) atoms. The third kappa shape index (κ3) is 2.53. The van der Waals surface area contributed by atoms with E-state index in [-0.39, 0.29) is 22.6 Å². The van der Waals surface area contributed by atoms with Gasteiger partial charge in [-0.1, -0.05) is 29.8 Å². The summed E-state index contributed by atoms with van der Waals surface area (Å²) in [5.41, 5.74) is 0.648. The molecule has 114 valence electrons. The molecule has 0 spiro atoms. The van der Waals surface area contributed by atoms with Crippen molar-refractivity contribution in [2.24, 2.45) is 0 Å². The molecule has 0 fully saturated rings. The first-order valence-corrected chi connectivity index (χ1v) is 8.13. The van der Waals surface area contributed by atoms with Crippen LogP contribution in [0.5, 0.6) is 0 Å². The van der Waals surface area contributed by atoms with E-state index in [1.165, 1.54) is 0 Å². The van der Waals surface area contributed by atoms with E-state index < -0.39 is 21.9 Å². The largest absolute Gasteiger partial charge is 0.333 e. The number of hydrogen-bond acceptors (Lipinski definition) is 3. The van der Waals surface area contributed by atoms with Crippen LogP contribution in [0.15, 0.2) is 41.3 Å². The number of urea groups is 1. The third-order valence-electron chi connectivity index (χ3n) is 3.30. The second-order valence-corrected chi connectivity index (χ2v) is 6.78. The van der Waals surface area contributed by atoms with Gasteiger partial charge in [0.15, 0.2) is 0 Å². The molecule has 2 aromatic carbocycles. The number of benzene rings is 2. The van der Waals surface area contributed by atoms with Crippen molar-refractivity contribution in [3.8, 4) is 0 Å². The summed E-state index contributed by atoms with van der Waals surface area (Å²) >= 11 is 6.05. The topological polar surface area (TPSA) is 75.3 Å². The minimum absolute atomic E-state index is 0.0522. The molecule has 0 saturated carbocycles. The van der Waals surface area contributed by atoms with Crippen molar-refractivity contribution in [3.63, 3.8) is 0 Å². The van der Waals surface area contributed by atoms with Crippen molar-refractivity contribution >= 4 is 33.3 Å². The van der Waals surface area contributed by atoms with Gasteiger partial charge in [-0.25, -0.2) is 22.3 Å². The normalized spacial score (nSPS) is 15.6. The minimum atomic E-state index is -3.99. The van der Waals surface area contributed by atoms with E-state index in [1.54, 1.807) is 24.3 Å². The van der Waals surface area contributed by atoms with Gasteiger partial charge in [0, 0.05) is 17.0 Å². The molecular weight excluding hydrogens is 331 g/mol. The first-order valence-electron chi connectivity index (χ1n) is 6.27. The molecular formula is C14H10ClFN2O3S. The Labute approximate surface area is 131 Å². The van der Waals surface area contributed by atoms with Crippen LogP contribution in [0.25, 0.3) is 0 Å². The standard InChI is InChI=1S/C14H10ClFN2O3S/c15-10-4-2-1-3-8(10)7-9-11(16)5-6-12-13(9)17-14(19)18-22(12,20)21/h1-6H,7H2,(H2,17,18,19). The Morgan fingerprint density at radius 1 is 1.14 bits per heavy atom. The van der Waals surface area contributed by atoms with Gasteiger partial charge in [-0.05, 0) is 23.8 Å². The maximum atomic E-state index is 14.2. The summed E-state index contributed by atoms with van der Waals surface area (Å²) < 4.78 is 39.9.